The van der Waals surface area contributed by atoms with Crippen LogP contribution >= 0.6 is 23.4 Å². The minimum atomic E-state index is -0.350. The van der Waals surface area contributed by atoms with Gasteiger partial charge in [0.05, 0.1) is 5.02 Å². The molecule has 1 saturated heterocycles. The first kappa shape index (κ1) is 14.2. The maximum atomic E-state index is 13.1. The summed E-state index contributed by atoms with van der Waals surface area (Å²) in [5.41, 5.74) is 1.05. The van der Waals surface area contributed by atoms with E-state index in [-0.39, 0.29) is 16.9 Å². The maximum Gasteiger partial charge on any atom is 0.141 e. The predicted octanol–water partition coefficient (Wildman–Crippen LogP) is 4.27. The molecular formula is C14H19ClFNS. The number of thioether (sulfide) groups is 1. The van der Waals surface area contributed by atoms with Crippen molar-refractivity contribution in [1.29, 1.82) is 0 Å². The van der Waals surface area contributed by atoms with E-state index in [0.717, 1.165) is 18.0 Å². The SMILES string of the molecule is CC(NCC1CCSCC1)c1ccc(F)c(Cl)c1. The molecule has 1 heterocycles. The zero-order valence-electron chi connectivity index (χ0n) is 10.6. The summed E-state index contributed by atoms with van der Waals surface area (Å²) >= 11 is 7.85. The Kier molecular flexibility index (Phi) is 5.34. The Morgan fingerprint density at radius 2 is 2.17 bits per heavy atom. The molecule has 1 N–H and O–H groups in total. The van der Waals surface area contributed by atoms with E-state index in [1.54, 1.807) is 12.1 Å². The van der Waals surface area contributed by atoms with Crippen LogP contribution in [0.15, 0.2) is 18.2 Å². The van der Waals surface area contributed by atoms with E-state index >= 15 is 0 Å². The van der Waals surface area contributed by atoms with Crippen molar-refractivity contribution >= 4 is 23.4 Å². The van der Waals surface area contributed by atoms with Crippen molar-refractivity contribution in [1.82, 2.24) is 5.32 Å². The molecule has 18 heavy (non-hydrogen) atoms. The Bertz CT molecular complexity index is 393. The molecule has 2 rings (SSSR count). The highest BCUT2D eigenvalue weighted by molar-refractivity contribution is 7.99. The third kappa shape index (κ3) is 3.87. The molecule has 1 fully saturated rings. The van der Waals surface area contributed by atoms with Crippen LogP contribution < -0.4 is 5.32 Å². The molecule has 0 spiro atoms. The molecule has 1 nitrogen and oxygen atoms in total. The standard InChI is InChI=1S/C14H19ClFNS/c1-10(12-2-3-14(16)13(15)8-12)17-9-11-4-6-18-7-5-11/h2-3,8,10-11,17H,4-7,9H2,1H3. The van der Waals surface area contributed by atoms with Gasteiger partial charge in [-0.1, -0.05) is 17.7 Å². The van der Waals surface area contributed by atoms with Gasteiger partial charge in [-0.15, -0.1) is 0 Å². The van der Waals surface area contributed by atoms with Gasteiger partial charge >= 0.3 is 0 Å². The van der Waals surface area contributed by atoms with Gasteiger partial charge in [-0.05, 0) is 61.4 Å². The van der Waals surface area contributed by atoms with Crippen LogP contribution in [0.2, 0.25) is 5.02 Å². The van der Waals surface area contributed by atoms with Crippen LogP contribution in [0.4, 0.5) is 4.39 Å². The second kappa shape index (κ2) is 6.78. The number of rotatable bonds is 4. The van der Waals surface area contributed by atoms with Gasteiger partial charge in [0.15, 0.2) is 0 Å². The fraction of sp³-hybridized carbons (Fsp3) is 0.571. The Morgan fingerprint density at radius 1 is 1.44 bits per heavy atom. The van der Waals surface area contributed by atoms with Gasteiger partial charge in [0.1, 0.15) is 5.82 Å². The Morgan fingerprint density at radius 3 is 2.83 bits per heavy atom. The molecule has 0 amide bonds. The van der Waals surface area contributed by atoms with Gasteiger partial charge in [0.25, 0.3) is 0 Å². The summed E-state index contributed by atoms with van der Waals surface area (Å²) in [5, 5.41) is 3.73. The molecule has 0 bridgehead atoms. The van der Waals surface area contributed by atoms with E-state index in [1.807, 2.05) is 11.8 Å². The number of benzene rings is 1. The second-order valence-electron chi connectivity index (χ2n) is 4.86. The predicted molar refractivity (Wildman–Crippen MR) is 77.9 cm³/mol. The average molecular weight is 288 g/mol. The summed E-state index contributed by atoms with van der Waals surface area (Å²) < 4.78 is 13.1. The molecule has 1 aliphatic heterocycles. The first-order valence-electron chi connectivity index (χ1n) is 6.43. The van der Waals surface area contributed by atoms with Crippen molar-refractivity contribution < 1.29 is 4.39 Å². The first-order valence-corrected chi connectivity index (χ1v) is 7.96. The highest BCUT2D eigenvalue weighted by atomic mass is 35.5. The lowest BCUT2D eigenvalue weighted by Crippen LogP contribution is -2.28. The molecule has 1 atom stereocenters. The van der Waals surface area contributed by atoms with Crippen molar-refractivity contribution in [3.05, 3.63) is 34.6 Å². The summed E-state index contributed by atoms with van der Waals surface area (Å²) in [5.74, 6) is 2.99. The highest BCUT2D eigenvalue weighted by Gasteiger charge is 2.15. The molecular weight excluding hydrogens is 269 g/mol. The van der Waals surface area contributed by atoms with E-state index in [4.69, 9.17) is 11.6 Å². The fourth-order valence-electron chi connectivity index (χ4n) is 2.19. The van der Waals surface area contributed by atoms with Crippen LogP contribution in [0, 0.1) is 11.7 Å². The summed E-state index contributed by atoms with van der Waals surface area (Å²) in [4.78, 5) is 0. The van der Waals surface area contributed by atoms with E-state index < -0.39 is 0 Å². The molecule has 0 aromatic heterocycles. The third-order valence-electron chi connectivity index (χ3n) is 3.50. The van der Waals surface area contributed by atoms with Crippen LogP contribution in [-0.2, 0) is 0 Å². The van der Waals surface area contributed by atoms with Crippen LogP contribution in [0.25, 0.3) is 0 Å². The largest absolute Gasteiger partial charge is 0.310 e. The fourth-order valence-corrected chi connectivity index (χ4v) is 3.59. The number of hydrogen-bond acceptors (Lipinski definition) is 2. The molecule has 1 aromatic rings. The van der Waals surface area contributed by atoms with Crippen LogP contribution in [0.5, 0.6) is 0 Å². The van der Waals surface area contributed by atoms with Gasteiger partial charge in [-0.25, -0.2) is 4.39 Å². The molecule has 0 aliphatic carbocycles. The zero-order chi connectivity index (χ0) is 13.0. The van der Waals surface area contributed by atoms with Crippen LogP contribution in [-0.4, -0.2) is 18.1 Å². The lowest BCUT2D eigenvalue weighted by molar-refractivity contribution is 0.421. The van der Waals surface area contributed by atoms with Gasteiger partial charge in [0, 0.05) is 6.04 Å². The summed E-state index contributed by atoms with van der Waals surface area (Å²) in [6, 6.07) is 5.17. The minimum Gasteiger partial charge on any atom is -0.310 e. The van der Waals surface area contributed by atoms with Gasteiger partial charge < -0.3 is 5.32 Å². The monoisotopic (exact) mass is 287 g/mol. The molecule has 100 valence electrons. The minimum absolute atomic E-state index is 0.204. The number of nitrogens with one attached hydrogen (secondary N) is 1. The van der Waals surface area contributed by atoms with Gasteiger partial charge in [-0.2, -0.15) is 11.8 Å². The normalized spacial score (nSPS) is 18.8. The van der Waals surface area contributed by atoms with E-state index in [2.05, 4.69) is 12.2 Å². The molecule has 1 unspecified atom stereocenters. The van der Waals surface area contributed by atoms with Crippen molar-refractivity contribution in [2.45, 2.75) is 25.8 Å². The average Bonchev–Trinajstić information content (AvgIpc) is 2.40. The van der Waals surface area contributed by atoms with E-state index in [9.17, 15) is 4.39 Å². The van der Waals surface area contributed by atoms with E-state index in [1.165, 1.54) is 30.4 Å². The number of hydrogen-bond donors (Lipinski definition) is 1. The van der Waals surface area contributed by atoms with Crippen LogP contribution in [0.1, 0.15) is 31.4 Å². The smallest absolute Gasteiger partial charge is 0.141 e. The van der Waals surface area contributed by atoms with Gasteiger partial charge in [-0.3, -0.25) is 0 Å². The summed E-state index contributed by atoms with van der Waals surface area (Å²) in [6.07, 6.45) is 2.60. The van der Waals surface area contributed by atoms with Crippen LogP contribution in [0.3, 0.4) is 0 Å². The molecule has 1 aliphatic rings. The Balaban J connectivity index is 1.86. The lowest BCUT2D eigenvalue weighted by Gasteiger charge is -2.24. The molecule has 0 saturated carbocycles. The first-order chi connectivity index (χ1) is 8.66. The zero-order valence-corrected chi connectivity index (χ0v) is 12.2. The quantitative estimate of drug-likeness (QED) is 0.887. The van der Waals surface area contributed by atoms with Crippen molar-refractivity contribution in [3.63, 3.8) is 0 Å². The lowest BCUT2D eigenvalue weighted by atomic mass is 10.0. The second-order valence-corrected chi connectivity index (χ2v) is 6.49. The molecule has 4 heteroatoms. The molecule has 0 radical (unpaired) electrons. The Labute approximate surface area is 117 Å². The summed E-state index contributed by atoms with van der Waals surface area (Å²) in [7, 11) is 0. The van der Waals surface area contributed by atoms with Crippen molar-refractivity contribution in [2.24, 2.45) is 5.92 Å². The van der Waals surface area contributed by atoms with Gasteiger partial charge in [0.2, 0.25) is 0 Å². The van der Waals surface area contributed by atoms with E-state index in [0.29, 0.717) is 0 Å². The van der Waals surface area contributed by atoms with Crippen molar-refractivity contribution in [3.8, 4) is 0 Å². The Hall–Kier alpha value is -0.250. The number of halogens is 2. The third-order valence-corrected chi connectivity index (χ3v) is 4.84. The maximum absolute atomic E-state index is 13.1. The summed E-state index contributed by atoms with van der Waals surface area (Å²) in [6.45, 7) is 3.14. The topological polar surface area (TPSA) is 12.0 Å². The van der Waals surface area contributed by atoms with Crippen molar-refractivity contribution in [2.75, 3.05) is 18.1 Å². The molecule has 1 aromatic carbocycles. The highest BCUT2D eigenvalue weighted by Crippen LogP contribution is 2.24.